The molecule has 1 amide bonds. The lowest BCUT2D eigenvalue weighted by molar-refractivity contribution is -0.385. The highest BCUT2D eigenvalue weighted by Gasteiger charge is 2.28. The summed E-state index contributed by atoms with van der Waals surface area (Å²) in [5.41, 5.74) is 0.00526. The number of carbonyl (C=O) groups is 1. The van der Waals surface area contributed by atoms with E-state index in [2.05, 4.69) is 0 Å². The molecule has 6 nitrogen and oxygen atoms in total. The Morgan fingerprint density at radius 3 is 2.95 bits per heavy atom. The summed E-state index contributed by atoms with van der Waals surface area (Å²) in [6.45, 7) is 3.65. The summed E-state index contributed by atoms with van der Waals surface area (Å²) in [6.07, 6.45) is 1.81. The number of para-hydroxylation sites is 1. The van der Waals surface area contributed by atoms with Crippen LogP contribution in [0.1, 0.15) is 30.1 Å². The van der Waals surface area contributed by atoms with Crippen LogP contribution in [0.25, 0.3) is 0 Å². The Balaban J connectivity index is 2.17. The fraction of sp³-hybridized carbons (Fsp3) is 0.500. The van der Waals surface area contributed by atoms with Crippen LogP contribution in [-0.4, -0.2) is 41.5 Å². The quantitative estimate of drug-likeness (QED) is 0.625. The van der Waals surface area contributed by atoms with Gasteiger partial charge in [0.1, 0.15) is 5.56 Å². The molecule has 0 aromatic heterocycles. The summed E-state index contributed by atoms with van der Waals surface area (Å²) in [6, 6.07) is 6.07. The molecule has 1 heterocycles. The smallest absolute Gasteiger partial charge is 0.282 e. The summed E-state index contributed by atoms with van der Waals surface area (Å²) in [5.74, 6) is -0.290. The molecule has 2 rings (SSSR count). The second kappa shape index (κ2) is 6.47. The van der Waals surface area contributed by atoms with Gasteiger partial charge in [-0.1, -0.05) is 12.1 Å². The number of nitro groups is 1. The van der Waals surface area contributed by atoms with Gasteiger partial charge in [-0.25, -0.2) is 0 Å². The van der Waals surface area contributed by atoms with E-state index < -0.39 is 4.92 Å². The van der Waals surface area contributed by atoms with E-state index in [-0.39, 0.29) is 23.3 Å². The van der Waals surface area contributed by atoms with Crippen molar-refractivity contribution in [1.82, 2.24) is 4.90 Å². The van der Waals surface area contributed by atoms with E-state index in [4.69, 9.17) is 4.74 Å². The molecule has 0 N–H and O–H groups in total. The minimum atomic E-state index is -0.517. The van der Waals surface area contributed by atoms with Gasteiger partial charge in [-0.3, -0.25) is 14.9 Å². The molecular weight excluding hydrogens is 260 g/mol. The maximum atomic E-state index is 12.4. The van der Waals surface area contributed by atoms with Gasteiger partial charge in [-0.05, 0) is 25.8 Å². The van der Waals surface area contributed by atoms with E-state index in [0.29, 0.717) is 19.7 Å². The van der Waals surface area contributed by atoms with E-state index in [9.17, 15) is 14.9 Å². The van der Waals surface area contributed by atoms with Crippen LogP contribution in [0.2, 0.25) is 0 Å². The molecule has 20 heavy (non-hydrogen) atoms. The standard InChI is InChI=1S/C14H18N2O4/c1-2-20-11-6-5-9-15(10-11)14(17)12-7-3-4-8-13(12)16(18)19/h3-4,7-8,11H,2,5-6,9-10H2,1H3. The predicted octanol–water partition coefficient (Wildman–Crippen LogP) is 2.24. The van der Waals surface area contributed by atoms with Crippen LogP contribution in [-0.2, 0) is 4.74 Å². The summed E-state index contributed by atoms with van der Waals surface area (Å²) in [5, 5.41) is 11.0. The van der Waals surface area contributed by atoms with Crippen LogP contribution in [0.4, 0.5) is 5.69 Å². The van der Waals surface area contributed by atoms with Crippen LogP contribution >= 0.6 is 0 Å². The van der Waals surface area contributed by atoms with Gasteiger partial charge < -0.3 is 9.64 Å². The predicted molar refractivity (Wildman–Crippen MR) is 73.6 cm³/mol. The molecule has 1 aliphatic rings. The fourth-order valence-electron chi connectivity index (χ4n) is 2.48. The highest BCUT2D eigenvalue weighted by atomic mass is 16.6. The number of hydrogen-bond acceptors (Lipinski definition) is 4. The number of amides is 1. The van der Waals surface area contributed by atoms with Crippen LogP contribution < -0.4 is 0 Å². The Labute approximate surface area is 117 Å². The van der Waals surface area contributed by atoms with Crippen LogP contribution in [0, 0.1) is 10.1 Å². The lowest BCUT2D eigenvalue weighted by Crippen LogP contribution is -2.43. The van der Waals surface area contributed by atoms with Gasteiger partial charge in [0, 0.05) is 25.8 Å². The van der Waals surface area contributed by atoms with Crippen LogP contribution in [0.5, 0.6) is 0 Å². The number of hydrogen-bond donors (Lipinski definition) is 0. The van der Waals surface area contributed by atoms with Crippen molar-refractivity contribution in [2.75, 3.05) is 19.7 Å². The van der Waals surface area contributed by atoms with E-state index in [1.165, 1.54) is 12.1 Å². The first-order valence-electron chi connectivity index (χ1n) is 6.77. The molecule has 1 aliphatic heterocycles. The van der Waals surface area contributed by atoms with Gasteiger partial charge in [-0.15, -0.1) is 0 Å². The van der Waals surface area contributed by atoms with E-state index in [1.54, 1.807) is 17.0 Å². The van der Waals surface area contributed by atoms with Crippen molar-refractivity contribution >= 4 is 11.6 Å². The molecule has 1 unspecified atom stereocenters. The molecule has 1 saturated heterocycles. The molecule has 108 valence electrons. The average Bonchev–Trinajstić information content (AvgIpc) is 2.47. The number of piperidine rings is 1. The molecular formula is C14H18N2O4. The first-order valence-corrected chi connectivity index (χ1v) is 6.77. The minimum absolute atomic E-state index is 0.0282. The molecule has 0 spiro atoms. The van der Waals surface area contributed by atoms with Crippen molar-refractivity contribution in [1.29, 1.82) is 0 Å². The zero-order valence-corrected chi connectivity index (χ0v) is 11.4. The van der Waals surface area contributed by atoms with Crippen molar-refractivity contribution in [3.05, 3.63) is 39.9 Å². The lowest BCUT2D eigenvalue weighted by Gasteiger charge is -2.32. The van der Waals surface area contributed by atoms with Gasteiger partial charge >= 0.3 is 0 Å². The molecule has 1 atom stereocenters. The van der Waals surface area contributed by atoms with E-state index in [0.717, 1.165) is 12.8 Å². The van der Waals surface area contributed by atoms with Crippen LogP contribution in [0.3, 0.4) is 0 Å². The topological polar surface area (TPSA) is 72.7 Å². The third-order valence-electron chi connectivity index (χ3n) is 3.40. The zero-order chi connectivity index (χ0) is 14.5. The summed E-state index contributed by atoms with van der Waals surface area (Å²) in [7, 11) is 0. The average molecular weight is 278 g/mol. The van der Waals surface area contributed by atoms with Crippen LogP contribution in [0.15, 0.2) is 24.3 Å². The Morgan fingerprint density at radius 1 is 1.50 bits per heavy atom. The molecule has 1 aromatic rings. The number of likely N-dealkylation sites (tertiary alicyclic amines) is 1. The number of benzene rings is 1. The summed E-state index contributed by atoms with van der Waals surface area (Å²) < 4.78 is 5.55. The van der Waals surface area contributed by atoms with Crippen molar-refractivity contribution < 1.29 is 14.5 Å². The molecule has 0 saturated carbocycles. The van der Waals surface area contributed by atoms with Gasteiger partial charge in [-0.2, -0.15) is 0 Å². The van der Waals surface area contributed by atoms with Crippen molar-refractivity contribution in [3.8, 4) is 0 Å². The highest BCUT2D eigenvalue weighted by Crippen LogP contribution is 2.22. The van der Waals surface area contributed by atoms with E-state index >= 15 is 0 Å². The first-order chi connectivity index (χ1) is 9.63. The number of carbonyl (C=O) groups excluding carboxylic acids is 1. The monoisotopic (exact) mass is 278 g/mol. The number of nitro benzene ring substituents is 1. The number of rotatable bonds is 4. The van der Waals surface area contributed by atoms with Crippen molar-refractivity contribution in [3.63, 3.8) is 0 Å². The zero-order valence-electron chi connectivity index (χ0n) is 11.4. The molecule has 0 radical (unpaired) electrons. The SMILES string of the molecule is CCOC1CCCN(C(=O)c2ccccc2[N+](=O)[O-])C1. The fourth-order valence-corrected chi connectivity index (χ4v) is 2.48. The largest absolute Gasteiger partial charge is 0.377 e. The van der Waals surface area contributed by atoms with Gasteiger partial charge in [0.15, 0.2) is 0 Å². The van der Waals surface area contributed by atoms with Gasteiger partial charge in [0.25, 0.3) is 11.6 Å². The maximum absolute atomic E-state index is 12.4. The Hall–Kier alpha value is -1.95. The molecule has 6 heteroatoms. The summed E-state index contributed by atoms with van der Waals surface area (Å²) >= 11 is 0. The molecule has 0 aliphatic carbocycles. The highest BCUT2D eigenvalue weighted by molar-refractivity contribution is 5.98. The van der Waals surface area contributed by atoms with E-state index in [1.807, 2.05) is 6.92 Å². The maximum Gasteiger partial charge on any atom is 0.282 e. The van der Waals surface area contributed by atoms with Crippen molar-refractivity contribution in [2.45, 2.75) is 25.9 Å². The Bertz CT molecular complexity index is 502. The normalized spacial score (nSPS) is 18.9. The molecule has 1 aromatic carbocycles. The lowest BCUT2D eigenvalue weighted by atomic mass is 10.1. The number of nitrogens with zero attached hydrogens (tertiary/aromatic N) is 2. The Kier molecular flexibility index (Phi) is 4.68. The molecule has 1 fully saturated rings. The number of ether oxygens (including phenoxy) is 1. The Morgan fingerprint density at radius 2 is 2.25 bits per heavy atom. The molecule has 0 bridgehead atoms. The minimum Gasteiger partial charge on any atom is -0.377 e. The second-order valence-corrected chi connectivity index (χ2v) is 4.75. The first kappa shape index (κ1) is 14.5. The summed E-state index contributed by atoms with van der Waals surface area (Å²) in [4.78, 5) is 24.6. The third-order valence-corrected chi connectivity index (χ3v) is 3.40. The van der Waals surface area contributed by atoms with Gasteiger partial charge in [0.05, 0.1) is 11.0 Å². The third kappa shape index (κ3) is 3.14. The second-order valence-electron chi connectivity index (χ2n) is 4.75. The van der Waals surface area contributed by atoms with Gasteiger partial charge in [0.2, 0.25) is 0 Å². The van der Waals surface area contributed by atoms with Crippen molar-refractivity contribution in [2.24, 2.45) is 0 Å².